The summed E-state index contributed by atoms with van der Waals surface area (Å²) < 4.78 is 20.1. The van der Waals surface area contributed by atoms with Gasteiger partial charge in [-0.2, -0.15) is 5.10 Å². The third-order valence-electron chi connectivity index (χ3n) is 5.12. The number of benzene rings is 1. The smallest absolute Gasteiger partial charge is 0.338 e. The maximum absolute atomic E-state index is 13.3. The lowest BCUT2D eigenvalue weighted by Crippen LogP contribution is -2.06. The molecule has 5 nitrogen and oxygen atoms in total. The van der Waals surface area contributed by atoms with Crippen LogP contribution in [0.3, 0.4) is 0 Å². The van der Waals surface area contributed by atoms with Crippen LogP contribution in [0.1, 0.15) is 59.3 Å². The van der Waals surface area contributed by atoms with Crippen molar-refractivity contribution in [3.63, 3.8) is 0 Å². The average Bonchev–Trinajstić information content (AvgIpc) is 3.57. The number of aromatic nitrogens is 3. The van der Waals surface area contributed by atoms with Crippen molar-refractivity contribution in [1.29, 1.82) is 0 Å². The predicted molar refractivity (Wildman–Crippen MR) is 94.1 cm³/mol. The number of carbonyl (C=O) groups excluding carboxylic acids is 1. The SMILES string of the molecule is COC(=O)c1cc(C2CC2)nc2c1c(C1CC1)nn2-c1ccc(F)cc1. The molecule has 0 bridgehead atoms. The zero-order chi connectivity index (χ0) is 17.8. The summed E-state index contributed by atoms with van der Waals surface area (Å²) in [6, 6.07) is 8.05. The van der Waals surface area contributed by atoms with E-state index in [2.05, 4.69) is 0 Å². The molecule has 2 aromatic heterocycles. The van der Waals surface area contributed by atoms with Crippen molar-refractivity contribution in [2.24, 2.45) is 0 Å². The van der Waals surface area contributed by atoms with Crippen molar-refractivity contribution in [2.45, 2.75) is 37.5 Å². The van der Waals surface area contributed by atoms with Gasteiger partial charge in [-0.3, -0.25) is 0 Å². The Labute approximate surface area is 149 Å². The molecule has 0 N–H and O–H groups in total. The van der Waals surface area contributed by atoms with Gasteiger partial charge < -0.3 is 4.74 Å². The summed E-state index contributed by atoms with van der Waals surface area (Å²) in [4.78, 5) is 17.3. The Hall–Kier alpha value is -2.76. The van der Waals surface area contributed by atoms with E-state index in [9.17, 15) is 9.18 Å². The number of esters is 1. The third kappa shape index (κ3) is 2.48. The van der Waals surface area contributed by atoms with Crippen LogP contribution >= 0.6 is 0 Å². The van der Waals surface area contributed by atoms with E-state index in [1.165, 1.54) is 19.2 Å². The molecule has 0 saturated heterocycles. The van der Waals surface area contributed by atoms with Crippen LogP contribution in [-0.4, -0.2) is 27.8 Å². The fourth-order valence-corrected chi connectivity index (χ4v) is 3.43. The topological polar surface area (TPSA) is 57.0 Å². The maximum atomic E-state index is 13.3. The Morgan fingerprint density at radius 1 is 1.15 bits per heavy atom. The summed E-state index contributed by atoms with van der Waals surface area (Å²) in [6.07, 6.45) is 4.28. The Kier molecular flexibility index (Phi) is 3.35. The van der Waals surface area contributed by atoms with Gasteiger partial charge >= 0.3 is 5.97 Å². The zero-order valence-corrected chi connectivity index (χ0v) is 14.4. The van der Waals surface area contributed by atoms with E-state index in [0.717, 1.165) is 48.1 Å². The second kappa shape index (κ2) is 5.62. The van der Waals surface area contributed by atoms with Crippen LogP contribution < -0.4 is 0 Å². The number of halogens is 1. The highest BCUT2D eigenvalue weighted by Crippen LogP contribution is 2.45. The molecule has 26 heavy (non-hydrogen) atoms. The summed E-state index contributed by atoms with van der Waals surface area (Å²) in [5.74, 6) is 0.0780. The van der Waals surface area contributed by atoms with Gasteiger partial charge in [0.05, 0.1) is 29.4 Å². The number of nitrogens with zero attached hydrogens (tertiary/aromatic N) is 3. The molecule has 2 heterocycles. The fourth-order valence-electron chi connectivity index (χ4n) is 3.43. The quantitative estimate of drug-likeness (QED) is 0.664. The van der Waals surface area contributed by atoms with E-state index in [1.807, 2.05) is 6.07 Å². The first kappa shape index (κ1) is 15.5. The summed E-state index contributed by atoms with van der Waals surface area (Å²) in [5, 5.41) is 5.54. The number of methoxy groups -OCH3 is 1. The summed E-state index contributed by atoms with van der Waals surface area (Å²) in [5.41, 5.74) is 3.72. The van der Waals surface area contributed by atoms with Crippen LogP contribution in [0.2, 0.25) is 0 Å². The molecule has 5 rings (SSSR count). The maximum Gasteiger partial charge on any atom is 0.338 e. The summed E-state index contributed by atoms with van der Waals surface area (Å²) in [6.45, 7) is 0. The lowest BCUT2D eigenvalue weighted by atomic mass is 10.1. The normalized spacial score (nSPS) is 16.8. The number of pyridine rings is 1. The van der Waals surface area contributed by atoms with Crippen molar-refractivity contribution >= 4 is 17.0 Å². The third-order valence-corrected chi connectivity index (χ3v) is 5.12. The number of hydrogen-bond acceptors (Lipinski definition) is 4. The van der Waals surface area contributed by atoms with Gasteiger partial charge in [0.2, 0.25) is 0 Å². The van der Waals surface area contributed by atoms with E-state index in [-0.39, 0.29) is 11.8 Å². The van der Waals surface area contributed by atoms with Crippen LogP contribution in [0.4, 0.5) is 4.39 Å². The highest BCUT2D eigenvalue weighted by atomic mass is 19.1. The van der Waals surface area contributed by atoms with Crippen molar-refractivity contribution in [3.05, 3.63) is 53.1 Å². The average molecular weight is 351 g/mol. The molecule has 6 heteroatoms. The van der Waals surface area contributed by atoms with E-state index >= 15 is 0 Å². The van der Waals surface area contributed by atoms with Gasteiger partial charge in [0, 0.05) is 17.5 Å². The van der Waals surface area contributed by atoms with Gasteiger partial charge in [0.15, 0.2) is 5.65 Å². The Morgan fingerprint density at radius 3 is 2.46 bits per heavy atom. The van der Waals surface area contributed by atoms with E-state index in [4.69, 9.17) is 14.8 Å². The molecular formula is C20H18FN3O2. The molecular weight excluding hydrogens is 333 g/mol. The minimum absolute atomic E-state index is 0.297. The second-order valence-corrected chi connectivity index (χ2v) is 7.11. The molecule has 0 atom stereocenters. The van der Waals surface area contributed by atoms with E-state index in [0.29, 0.717) is 23.0 Å². The number of hydrogen-bond donors (Lipinski definition) is 0. The van der Waals surface area contributed by atoms with Gasteiger partial charge in [-0.1, -0.05) is 0 Å². The molecule has 3 aromatic rings. The van der Waals surface area contributed by atoms with Crippen LogP contribution in [-0.2, 0) is 4.74 Å². The van der Waals surface area contributed by atoms with E-state index in [1.54, 1.807) is 16.8 Å². The predicted octanol–water partition coefficient (Wildman–Crippen LogP) is 4.10. The van der Waals surface area contributed by atoms with Gasteiger partial charge in [0.1, 0.15) is 5.82 Å². The van der Waals surface area contributed by atoms with Crippen LogP contribution in [0.25, 0.3) is 16.7 Å². The molecule has 0 radical (unpaired) electrons. The van der Waals surface area contributed by atoms with Crippen LogP contribution in [0, 0.1) is 5.82 Å². The van der Waals surface area contributed by atoms with Crippen LogP contribution in [0.15, 0.2) is 30.3 Å². The number of ether oxygens (including phenoxy) is 1. The highest BCUT2D eigenvalue weighted by Gasteiger charge is 2.34. The van der Waals surface area contributed by atoms with Gasteiger partial charge in [-0.05, 0) is 56.0 Å². The fraction of sp³-hybridized carbons (Fsp3) is 0.350. The first-order valence-corrected chi connectivity index (χ1v) is 8.93. The number of fused-ring (bicyclic) bond motifs is 1. The minimum Gasteiger partial charge on any atom is -0.465 e. The molecule has 2 fully saturated rings. The molecule has 0 aliphatic heterocycles. The molecule has 0 unspecified atom stereocenters. The molecule has 2 aliphatic carbocycles. The van der Waals surface area contributed by atoms with Crippen molar-refractivity contribution in [3.8, 4) is 5.69 Å². The lowest BCUT2D eigenvalue weighted by Gasteiger charge is -2.07. The Bertz CT molecular complexity index is 1020. The molecule has 0 amide bonds. The standard InChI is InChI=1S/C20H18FN3O2/c1-26-20(25)15-10-16(11-2-3-11)22-19-17(15)18(12-4-5-12)23-24(19)14-8-6-13(21)7-9-14/h6-12H,2-5H2,1H3. The molecule has 0 spiro atoms. The van der Waals surface area contributed by atoms with Crippen molar-refractivity contribution in [1.82, 2.24) is 14.8 Å². The Balaban J connectivity index is 1.81. The van der Waals surface area contributed by atoms with Gasteiger partial charge in [-0.25, -0.2) is 18.9 Å². The molecule has 132 valence electrons. The largest absolute Gasteiger partial charge is 0.465 e. The molecule has 2 saturated carbocycles. The van der Waals surface area contributed by atoms with E-state index < -0.39 is 0 Å². The Morgan fingerprint density at radius 2 is 1.85 bits per heavy atom. The van der Waals surface area contributed by atoms with Gasteiger partial charge in [-0.15, -0.1) is 0 Å². The minimum atomic E-state index is -0.361. The first-order chi connectivity index (χ1) is 12.7. The molecule has 1 aromatic carbocycles. The summed E-state index contributed by atoms with van der Waals surface area (Å²) >= 11 is 0. The lowest BCUT2D eigenvalue weighted by molar-refractivity contribution is 0.0602. The monoisotopic (exact) mass is 351 g/mol. The summed E-state index contributed by atoms with van der Waals surface area (Å²) in [7, 11) is 1.40. The molecule has 2 aliphatic rings. The first-order valence-electron chi connectivity index (χ1n) is 8.93. The second-order valence-electron chi connectivity index (χ2n) is 7.11. The number of carbonyl (C=O) groups is 1. The van der Waals surface area contributed by atoms with Crippen molar-refractivity contribution in [2.75, 3.05) is 7.11 Å². The zero-order valence-electron chi connectivity index (χ0n) is 14.4. The highest BCUT2D eigenvalue weighted by molar-refractivity contribution is 6.04. The van der Waals surface area contributed by atoms with Gasteiger partial charge in [0.25, 0.3) is 0 Å². The van der Waals surface area contributed by atoms with Crippen LogP contribution in [0.5, 0.6) is 0 Å². The number of rotatable bonds is 4. The van der Waals surface area contributed by atoms with Crippen molar-refractivity contribution < 1.29 is 13.9 Å².